The first-order chi connectivity index (χ1) is 10.1. The Bertz CT molecular complexity index is 562. The molecule has 21 heavy (non-hydrogen) atoms. The molecule has 114 valence electrons. The molecule has 1 unspecified atom stereocenters. The van der Waals surface area contributed by atoms with Crippen LogP contribution >= 0.6 is 11.3 Å². The number of hydrogen-bond donors (Lipinski definition) is 2. The minimum atomic E-state index is -0.628. The average Bonchev–Trinajstić information content (AvgIpc) is 2.87. The molecule has 2 aromatic rings. The van der Waals surface area contributed by atoms with Gasteiger partial charge in [-0.3, -0.25) is 0 Å². The average molecular weight is 310 g/mol. The molecule has 2 N–H and O–H groups in total. The number of aromatic nitrogens is 1. The summed E-state index contributed by atoms with van der Waals surface area (Å²) >= 11 is 1.60. The lowest BCUT2D eigenvalue weighted by Gasteiger charge is -2.12. The fraction of sp³-hybridized carbons (Fsp3) is 0.400. The van der Waals surface area contributed by atoms with Gasteiger partial charge in [-0.25, -0.2) is 9.37 Å². The molecule has 0 spiro atoms. The van der Waals surface area contributed by atoms with Crippen LogP contribution in [-0.2, 0) is 17.9 Å². The van der Waals surface area contributed by atoms with Crippen LogP contribution in [0.25, 0.3) is 0 Å². The molecular weight excluding hydrogens is 291 g/mol. The second-order valence-electron chi connectivity index (χ2n) is 4.75. The number of rotatable bonds is 8. The maximum atomic E-state index is 13.3. The normalized spacial score (nSPS) is 12.5. The van der Waals surface area contributed by atoms with E-state index in [4.69, 9.17) is 4.74 Å². The molecule has 2 rings (SSSR count). The Morgan fingerprint density at radius 1 is 1.43 bits per heavy atom. The molecule has 0 fully saturated rings. The molecule has 6 heteroatoms. The zero-order valence-corrected chi connectivity index (χ0v) is 12.7. The number of nitrogens with one attached hydrogen (secondary N) is 1. The standard InChI is InChI=1S/C15H19FN2O2S/c1-11-18-13(10-21-11)6-17-7-14(19)9-20-8-12-4-2-3-5-15(12)16/h2-5,10,14,17,19H,6-9H2,1H3. The van der Waals surface area contributed by atoms with Crippen molar-refractivity contribution in [3.8, 4) is 0 Å². The van der Waals surface area contributed by atoms with Crippen molar-refractivity contribution in [1.82, 2.24) is 10.3 Å². The van der Waals surface area contributed by atoms with Crippen LogP contribution in [0, 0.1) is 12.7 Å². The van der Waals surface area contributed by atoms with Gasteiger partial charge in [0.05, 0.1) is 30.0 Å². The SMILES string of the molecule is Cc1nc(CNCC(O)COCc2ccccc2F)cs1. The summed E-state index contributed by atoms with van der Waals surface area (Å²) in [6, 6.07) is 6.46. The molecule has 0 aliphatic rings. The summed E-state index contributed by atoms with van der Waals surface area (Å²) in [5.74, 6) is -0.288. The van der Waals surface area contributed by atoms with Crippen LogP contribution < -0.4 is 5.32 Å². The van der Waals surface area contributed by atoms with Crippen LogP contribution in [-0.4, -0.2) is 29.3 Å². The predicted octanol–water partition coefficient (Wildman–Crippen LogP) is 2.26. The molecular formula is C15H19FN2O2S. The smallest absolute Gasteiger partial charge is 0.128 e. The minimum Gasteiger partial charge on any atom is -0.389 e. The molecule has 0 saturated heterocycles. The Hall–Kier alpha value is -1.34. The van der Waals surface area contributed by atoms with Gasteiger partial charge in [0, 0.05) is 24.0 Å². The van der Waals surface area contributed by atoms with Gasteiger partial charge in [-0.2, -0.15) is 0 Å². The topological polar surface area (TPSA) is 54.4 Å². The number of thiazole rings is 1. The van der Waals surface area contributed by atoms with E-state index in [0.717, 1.165) is 10.7 Å². The minimum absolute atomic E-state index is 0.162. The number of aryl methyl sites for hydroxylation is 1. The van der Waals surface area contributed by atoms with E-state index >= 15 is 0 Å². The van der Waals surface area contributed by atoms with E-state index < -0.39 is 6.10 Å². The van der Waals surface area contributed by atoms with E-state index in [0.29, 0.717) is 18.7 Å². The monoisotopic (exact) mass is 310 g/mol. The Balaban J connectivity index is 1.61. The number of benzene rings is 1. The van der Waals surface area contributed by atoms with Crippen LogP contribution in [0.15, 0.2) is 29.6 Å². The highest BCUT2D eigenvalue weighted by Gasteiger charge is 2.06. The molecule has 1 aromatic heterocycles. The summed E-state index contributed by atoms with van der Waals surface area (Å²) in [5.41, 5.74) is 1.47. The first-order valence-electron chi connectivity index (χ1n) is 6.76. The molecule has 0 aliphatic heterocycles. The number of aliphatic hydroxyl groups excluding tert-OH is 1. The van der Waals surface area contributed by atoms with E-state index in [9.17, 15) is 9.50 Å². The zero-order valence-electron chi connectivity index (χ0n) is 11.9. The van der Waals surface area contributed by atoms with Crippen molar-refractivity contribution in [1.29, 1.82) is 0 Å². The molecule has 1 aromatic carbocycles. The Morgan fingerprint density at radius 2 is 2.24 bits per heavy atom. The van der Waals surface area contributed by atoms with Crippen LogP contribution in [0.2, 0.25) is 0 Å². The number of halogens is 1. The number of nitrogens with zero attached hydrogens (tertiary/aromatic N) is 1. The lowest BCUT2D eigenvalue weighted by atomic mass is 10.2. The van der Waals surface area contributed by atoms with Crippen molar-refractivity contribution >= 4 is 11.3 Å². The van der Waals surface area contributed by atoms with E-state index in [1.807, 2.05) is 12.3 Å². The van der Waals surface area contributed by atoms with Crippen molar-refractivity contribution < 1.29 is 14.2 Å². The molecule has 0 aliphatic carbocycles. The molecule has 1 heterocycles. The first kappa shape index (κ1) is 16.0. The predicted molar refractivity (Wildman–Crippen MR) is 80.6 cm³/mol. The lowest BCUT2D eigenvalue weighted by Crippen LogP contribution is -2.30. The third-order valence-corrected chi connectivity index (χ3v) is 3.70. The van der Waals surface area contributed by atoms with Gasteiger partial charge in [-0.15, -0.1) is 11.3 Å². The fourth-order valence-electron chi connectivity index (χ4n) is 1.84. The highest BCUT2D eigenvalue weighted by molar-refractivity contribution is 7.09. The van der Waals surface area contributed by atoms with Crippen molar-refractivity contribution in [2.24, 2.45) is 0 Å². The summed E-state index contributed by atoms with van der Waals surface area (Å²) in [6.45, 7) is 3.31. The van der Waals surface area contributed by atoms with E-state index in [1.54, 1.807) is 29.5 Å². The summed E-state index contributed by atoms with van der Waals surface area (Å²) in [4.78, 5) is 4.32. The zero-order chi connectivity index (χ0) is 15.1. The van der Waals surface area contributed by atoms with Gasteiger partial charge >= 0.3 is 0 Å². The summed E-state index contributed by atoms with van der Waals surface area (Å²) in [5, 5.41) is 15.9. The van der Waals surface area contributed by atoms with E-state index in [1.165, 1.54) is 6.07 Å². The van der Waals surface area contributed by atoms with Crippen LogP contribution in [0.3, 0.4) is 0 Å². The second kappa shape index (κ2) is 8.19. The maximum absolute atomic E-state index is 13.3. The van der Waals surface area contributed by atoms with Crippen molar-refractivity contribution in [3.05, 3.63) is 51.7 Å². The van der Waals surface area contributed by atoms with Gasteiger partial charge < -0.3 is 15.2 Å². The van der Waals surface area contributed by atoms with Crippen LogP contribution in [0.4, 0.5) is 4.39 Å². The van der Waals surface area contributed by atoms with Crippen molar-refractivity contribution in [2.45, 2.75) is 26.2 Å². The molecule has 0 bridgehead atoms. The summed E-state index contributed by atoms with van der Waals surface area (Å²) < 4.78 is 18.7. The molecule has 1 atom stereocenters. The van der Waals surface area contributed by atoms with Gasteiger partial charge in [0.2, 0.25) is 0 Å². The third kappa shape index (κ3) is 5.51. The van der Waals surface area contributed by atoms with Crippen molar-refractivity contribution in [2.75, 3.05) is 13.2 Å². The molecule has 0 saturated carbocycles. The van der Waals surface area contributed by atoms with Crippen molar-refractivity contribution in [3.63, 3.8) is 0 Å². The first-order valence-corrected chi connectivity index (χ1v) is 7.64. The number of aliphatic hydroxyl groups is 1. The Morgan fingerprint density at radius 3 is 2.95 bits per heavy atom. The van der Waals surface area contributed by atoms with Gasteiger partial charge in [0.15, 0.2) is 0 Å². The third-order valence-electron chi connectivity index (χ3n) is 2.88. The largest absolute Gasteiger partial charge is 0.389 e. The van der Waals surface area contributed by atoms with Gasteiger partial charge in [0.1, 0.15) is 5.82 Å². The number of ether oxygens (including phenoxy) is 1. The Labute approximate surface area is 127 Å². The van der Waals surface area contributed by atoms with E-state index in [-0.39, 0.29) is 19.0 Å². The van der Waals surface area contributed by atoms with Gasteiger partial charge in [0.25, 0.3) is 0 Å². The maximum Gasteiger partial charge on any atom is 0.128 e. The van der Waals surface area contributed by atoms with Gasteiger partial charge in [-0.05, 0) is 13.0 Å². The molecule has 4 nitrogen and oxygen atoms in total. The lowest BCUT2D eigenvalue weighted by molar-refractivity contribution is 0.0277. The molecule has 0 radical (unpaired) electrons. The highest BCUT2D eigenvalue weighted by atomic mass is 32.1. The van der Waals surface area contributed by atoms with Gasteiger partial charge in [-0.1, -0.05) is 18.2 Å². The van der Waals surface area contributed by atoms with Crippen LogP contribution in [0.1, 0.15) is 16.3 Å². The molecule has 0 amide bonds. The van der Waals surface area contributed by atoms with E-state index in [2.05, 4.69) is 10.3 Å². The summed E-state index contributed by atoms with van der Waals surface area (Å²) in [7, 11) is 0. The summed E-state index contributed by atoms with van der Waals surface area (Å²) in [6.07, 6.45) is -0.628. The van der Waals surface area contributed by atoms with Crippen LogP contribution in [0.5, 0.6) is 0 Å². The second-order valence-corrected chi connectivity index (χ2v) is 5.81. The highest BCUT2D eigenvalue weighted by Crippen LogP contribution is 2.08. The fourth-order valence-corrected chi connectivity index (χ4v) is 2.45. The quantitative estimate of drug-likeness (QED) is 0.785. The Kier molecular flexibility index (Phi) is 6.25. The number of hydrogen-bond acceptors (Lipinski definition) is 5.